The van der Waals surface area contributed by atoms with Crippen molar-refractivity contribution in [3.63, 3.8) is 0 Å². The summed E-state index contributed by atoms with van der Waals surface area (Å²) >= 11 is 0. The number of anilines is 1. The summed E-state index contributed by atoms with van der Waals surface area (Å²) in [6.07, 6.45) is 0. The molecule has 0 spiro atoms. The molecule has 0 amide bonds. The van der Waals surface area contributed by atoms with E-state index < -0.39 is 5.97 Å². The van der Waals surface area contributed by atoms with Crippen molar-refractivity contribution in [3.05, 3.63) is 53.6 Å². The monoisotopic (exact) mass is 285 g/mol. The molecular weight excluding hydrogens is 266 g/mol. The van der Waals surface area contributed by atoms with Crippen molar-refractivity contribution in [2.75, 3.05) is 5.73 Å². The first-order chi connectivity index (χ1) is 9.77. The van der Waals surface area contributed by atoms with Crippen LogP contribution in [0.2, 0.25) is 0 Å². The lowest BCUT2D eigenvalue weighted by Crippen LogP contribution is -2.10. The zero-order valence-corrected chi connectivity index (χ0v) is 12.4. The van der Waals surface area contributed by atoms with Gasteiger partial charge in [0.15, 0.2) is 0 Å². The summed E-state index contributed by atoms with van der Waals surface area (Å²) in [7, 11) is 0. The molecular formula is C17H19NO3. The van der Waals surface area contributed by atoms with E-state index in [1.807, 2.05) is 18.2 Å². The molecule has 0 heterocycles. The number of hydrogen-bond acceptors (Lipinski definition) is 3. The molecule has 0 saturated heterocycles. The molecule has 2 aromatic carbocycles. The third-order valence-corrected chi connectivity index (χ3v) is 3.16. The fourth-order valence-corrected chi connectivity index (χ4v) is 1.96. The summed E-state index contributed by atoms with van der Waals surface area (Å²) in [6.45, 7) is 6.33. The maximum atomic E-state index is 11.3. The highest BCUT2D eigenvalue weighted by Crippen LogP contribution is 2.30. The predicted molar refractivity (Wildman–Crippen MR) is 83.0 cm³/mol. The van der Waals surface area contributed by atoms with E-state index in [2.05, 4.69) is 20.8 Å². The molecule has 2 aromatic rings. The molecule has 0 aliphatic heterocycles. The van der Waals surface area contributed by atoms with Gasteiger partial charge in [0.05, 0.1) is 0 Å². The molecule has 4 heteroatoms. The van der Waals surface area contributed by atoms with Gasteiger partial charge in [-0.15, -0.1) is 0 Å². The summed E-state index contributed by atoms with van der Waals surface area (Å²) in [5, 5.41) is 9.22. The predicted octanol–water partition coefficient (Wildman–Crippen LogP) is 4.06. The highest BCUT2D eigenvalue weighted by Gasteiger charge is 2.16. The van der Waals surface area contributed by atoms with Crippen molar-refractivity contribution in [1.82, 2.24) is 0 Å². The van der Waals surface area contributed by atoms with Crippen LogP contribution in [0.1, 0.15) is 36.7 Å². The van der Waals surface area contributed by atoms with E-state index in [0.717, 1.165) is 5.56 Å². The molecule has 0 aromatic heterocycles. The molecule has 0 saturated carbocycles. The topological polar surface area (TPSA) is 72.5 Å². The van der Waals surface area contributed by atoms with E-state index in [4.69, 9.17) is 10.5 Å². The van der Waals surface area contributed by atoms with Crippen LogP contribution in [0.25, 0.3) is 0 Å². The van der Waals surface area contributed by atoms with Crippen molar-refractivity contribution >= 4 is 11.7 Å². The summed E-state index contributed by atoms with van der Waals surface area (Å²) in [5.41, 5.74) is 7.18. The number of rotatable bonds is 3. The van der Waals surface area contributed by atoms with E-state index in [1.54, 1.807) is 18.2 Å². The van der Waals surface area contributed by atoms with Crippen LogP contribution in [0.4, 0.5) is 5.69 Å². The quantitative estimate of drug-likeness (QED) is 0.834. The molecule has 0 unspecified atom stereocenters. The van der Waals surface area contributed by atoms with Crippen molar-refractivity contribution in [2.24, 2.45) is 0 Å². The lowest BCUT2D eigenvalue weighted by molar-refractivity contribution is 0.0694. The van der Waals surface area contributed by atoms with E-state index in [9.17, 15) is 9.90 Å². The first-order valence-electron chi connectivity index (χ1n) is 6.68. The van der Waals surface area contributed by atoms with Crippen LogP contribution in [0.3, 0.4) is 0 Å². The number of carboxylic acid groups (broad SMARTS) is 1. The Hall–Kier alpha value is -2.49. The third kappa shape index (κ3) is 3.54. The number of aromatic carboxylic acids is 1. The van der Waals surface area contributed by atoms with E-state index >= 15 is 0 Å². The van der Waals surface area contributed by atoms with Gasteiger partial charge in [-0.3, -0.25) is 0 Å². The second kappa shape index (κ2) is 5.48. The Morgan fingerprint density at radius 2 is 1.86 bits per heavy atom. The van der Waals surface area contributed by atoms with Crippen molar-refractivity contribution in [3.8, 4) is 11.5 Å². The summed E-state index contributed by atoms with van der Waals surface area (Å²) in [5.74, 6) is -0.179. The number of ether oxygens (including phenoxy) is 1. The number of hydrogen-bond donors (Lipinski definition) is 2. The highest BCUT2D eigenvalue weighted by molar-refractivity contribution is 5.92. The molecule has 2 rings (SSSR count). The van der Waals surface area contributed by atoms with E-state index in [0.29, 0.717) is 11.4 Å². The zero-order chi connectivity index (χ0) is 15.6. The van der Waals surface area contributed by atoms with Gasteiger partial charge in [0.25, 0.3) is 0 Å². The van der Waals surface area contributed by atoms with Crippen LogP contribution in [0.5, 0.6) is 11.5 Å². The fourth-order valence-electron chi connectivity index (χ4n) is 1.96. The number of nitrogen functional groups attached to an aromatic ring is 1. The maximum Gasteiger partial charge on any atom is 0.339 e. The maximum absolute atomic E-state index is 11.3. The smallest absolute Gasteiger partial charge is 0.339 e. The van der Waals surface area contributed by atoms with Gasteiger partial charge in [-0.2, -0.15) is 0 Å². The van der Waals surface area contributed by atoms with E-state index in [1.165, 1.54) is 6.07 Å². The molecule has 21 heavy (non-hydrogen) atoms. The van der Waals surface area contributed by atoms with Gasteiger partial charge in [-0.05, 0) is 41.3 Å². The minimum atomic E-state index is -1.07. The average Bonchev–Trinajstić information content (AvgIpc) is 2.40. The highest BCUT2D eigenvalue weighted by atomic mass is 16.5. The minimum absolute atomic E-state index is 0.00386. The van der Waals surface area contributed by atoms with Crippen LogP contribution >= 0.6 is 0 Å². The molecule has 0 atom stereocenters. The molecule has 0 fully saturated rings. The Morgan fingerprint density at radius 1 is 1.14 bits per heavy atom. The van der Waals surface area contributed by atoms with E-state index in [-0.39, 0.29) is 16.7 Å². The van der Waals surface area contributed by atoms with Crippen LogP contribution in [0.15, 0.2) is 42.5 Å². The fraction of sp³-hybridized carbons (Fsp3) is 0.235. The molecule has 0 aliphatic carbocycles. The van der Waals surface area contributed by atoms with Crippen LogP contribution in [-0.4, -0.2) is 11.1 Å². The number of benzene rings is 2. The largest absolute Gasteiger partial charge is 0.478 e. The van der Waals surface area contributed by atoms with Crippen LogP contribution in [0, 0.1) is 0 Å². The van der Waals surface area contributed by atoms with Crippen molar-refractivity contribution in [2.45, 2.75) is 26.2 Å². The molecule has 0 bridgehead atoms. The van der Waals surface area contributed by atoms with Gasteiger partial charge in [0.1, 0.15) is 17.1 Å². The standard InChI is InChI=1S/C17H19NO3/c1-17(2,3)11-5-4-6-13(9-11)21-15-8-7-12(18)10-14(15)16(19)20/h4-10H,18H2,1-3H3,(H,19,20). The second-order valence-corrected chi connectivity index (χ2v) is 5.94. The number of carboxylic acids is 1. The Morgan fingerprint density at radius 3 is 2.48 bits per heavy atom. The summed E-state index contributed by atoms with van der Waals surface area (Å²) < 4.78 is 5.73. The lowest BCUT2D eigenvalue weighted by Gasteiger charge is -2.20. The first-order valence-corrected chi connectivity index (χ1v) is 6.68. The Labute approximate surface area is 124 Å². The Balaban J connectivity index is 2.37. The van der Waals surface area contributed by atoms with Gasteiger partial charge in [0.2, 0.25) is 0 Å². The van der Waals surface area contributed by atoms with Gasteiger partial charge in [0, 0.05) is 5.69 Å². The Bertz CT molecular complexity index is 672. The third-order valence-electron chi connectivity index (χ3n) is 3.16. The van der Waals surface area contributed by atoms with Gasteiger partial charge in [-0.1, -0.05) is 32.9 Å². The minimum Gasteiger partial charge on any atom is -0.478 e. The van der Waals surface area contributed by atoms with Crippen molar-refractivity contribution in [1.29, 1.82) is 0 Å². The zero-order valence-electron chi connectivity index (χ0n) is 12.4. The van der Waals surface area contributed by atoms with Gasteiger partial charge >= 0.3 is 5.97 Å². The lowest BCUT2D eigenvalue weighted by atomic mass is 9.87. The number of carbonyl (C=O) groups is 1. The van der Waals surface area contributed by atoms with Gasteiger partial charge in [-0.25, -0.2) is 4.79 Å². The van der Waals surface area contributed by atoms with Crippen LogP contribution in [-0.2, 0) is 5.41 Å². The number of nitrogens with two attached hydrogens (primary N) is 1. The van der Waals surface area contributed by atoms with Gasteiger partial charge < -0.3 is 15.6 Å². The second-order valence-electron chi connectivity index (χ2n) is 5.94. The molecule has 110 valence electrons. The molecule has 0 radical (unpaired) electrons. The SMILES string of the molecule is CC(C)(C)c1cccc(Oc2ccc(N)cc2C(=O)O)c1. The van der Waals surface area contributed by atoms with Crippen LogP contribution < -0.4 is 10.5 Å². The van der Waals surface area contributed by atoms with Crippen molar-refractivity contribution < 1.29 is 14.6 Å². The molecule has 0 aliphatic rings. The average molecular weight is 285 g/mol. The normalized spacial score (nSPS) is 11.2. The molecule has 4 nitrogen and oxygen atoms in total. The summed E-state index contributed by atoms with van der Waals surface area (Å²) in [6, 6.07) is 12.2. The Kier molecular flexibility index (Phi) is 3.89. The summed E-state index contributed by atoms with van der Waals surface area (Å²) in [4.78, 5) is 11.3. The molecule has 3 N–H and O–H groups in total. The first kappa shape index (κ1) is 14.9.